The number of aromatic nitrogens is 2. The fourth-order valence-electron chi connectivity index (χ4n) is 6.57. The van der Waals surface area contributed by atoms with Gasteiger partial charge in [0.05, 0.1) is 22.1 Å². The van der Waals surface area contributed by atoms with Crippen molar-refractivity contribution in [2.75, 3.05) is 0 Å². The van der Waals surface area contributed by atoms with E-state index in [4.69, 9.17) is 9.72 Å². The van der Waals surface area contributed by atoms with E-state index in [1.54, 1.807) is 0 Å². The van der Waals surface area contributed by atoms with Gasteiger partial charge in [-0.25, -0.2) is 4.98 Å². The quantitative estimate of drug-likeness (QED) is 0.204. The molecule has 200 valence electrons. The molecule has 0 N–H and O–H groups in total. The first kappa shape index (κ1) is 24.4. The van der Waals surface area contributed by atoms with Gasteiger partial charge in [-0.3, -0.25) is 4.57 Å². The van der Waals surface area contributed by atoms with Crippen molar-refractivity contribution < 1.29 is 4.74 Å². The summed E-state index contributed by atoms with van der Waals surface area (Å²) in [6.45, 7) is 0.449. The summed E-state index contributed by atoms with van der Waals surface area (Å²) in [6, 6.07) is 56.3. The summed E-state index contributed by atoms with van der Waals surface area (Å²) in [6.07, 6.45) is 0. The van der Waals surface area contributed by atoms with Crippen molar-refractivity contribution in [3.05, 3.63) is 186 Å². The van der Waals surface area contributed by atoms with Crippen LogP contribution >= 0.6 is 0 Å². The molecule has 2 heterocycles. The van der Waals surface area contributed by atoms with Gasteiger partial charge in [0.25, 0.3) is 0 Å². The minimum atomic E-state index is -0.491. The Kier molecular flexibility index (Phi) is 5.75. The van der Waals surface area contributed by atoms with E-state index in [1.165, 1.54) is 22.3 Å². The van der Waals surface area contributed by atoms with Gasteiger partial charge >= 0.3 is 0 Å². The minimum absolute atomic E-state index is 0.449. The molecule has 0 bridgehead atoms. The molecule has 0 radical (unpaired) electrons. The monoisotopic (exact) mass is 540 g/mol. The molecule has 8 rings (SSSR count). The van der Waals surface area contributed by atoms with E-state index in [2.05, 4.69) is 156 Å². The summed E-state index contributed by atoms with van der Waals surface area (Å²) < 4.78 is 8.49. The first-order valence-corrected chi connectivity index (χ1v) is 14.3. The second kappa shape index (κ2) is 9.90. The lowest BCUT2D eigenvalue weighted by Crippen LogP contribution is -2.31. The van der Waals surface area contributed by atoms with Crippen molar-refractivity contribution in [1.82, 2.24) is 9.55 Å². The maximum absolute atomic E-state index is 6.26. The Bertz CT molecular complexity index is 1930. The number of hydrogen-bond acceptors (Lipinski definition) is 2. The molecule has 0 atom stereocenters. The Hall–Kier alpha value is -5.41. The zero-order valence-corrected chi connectivity index (χ0v) is 23.0. The Morgan fingerprint density at radius 3 is 1.76 bits per heavy atom. The van der Waals surface area contributed by atoms with Gasteiger partial charge in [0.15, 0.2) is 5.82 Å². The molecule has 1 aromatic heterocycles. The molecule has 0 spiro atoms. The van der Waals surface area contributed by atoms with E-state index >= 15 is 0 Å². The molecule has 0 saturated carbocycles. The third-order valence-electron chi connectivity index (χ3n) is 8.44. The van der Waals surface area contributed by atoms with Crippen molar-refractivity contribution in [3.63, 3.8) is 0 Å². The van der Waals surface area contributed by atoms with Gasteiger partial charge in [0.1, 0.15) is 12.4 Å². The molecule has 0 unspecified atom stereocenters. The lowest BCUT2D eigenvalue weighted by Gasteiger charge is -2.37. The molecule has 6 aromatic carbocycles. The van der Waals surface area contributed by atoms with Crippen LogP contribution in [0.15, 0.2) is 158 Å². The molecule has 0 amide bonds. The minimum Gasteiger partial charge on any atom is -0.483 e. The summed E-state index contributed by atoms with van der Waals surface area (Å²) in [7, 11) is 0. The van der Waals surface area contributed by atoms with Gasteiger partial charge in [-0.1, -0.05) is 127 Å². The largest absolute Gasteiger partial charge is 0.483 e. The highest BCUT2D eigenvalue weighted by molar-refractivity contribution is 5.80. The van der Waals surface area contributed by atoms with E-state index < -0.39 is 5.41 Å². The maximum atomic E-state index is 6.26. The van der Waals surface area contributed by atoms with E-state index in [1.807, 2.05) is 6.07 Å². The molecule has 1 aliphatic heterocycles. The summed E-state index contributed by atoms with van der Waals surface area (Å²) in [4.78, 5) is 4.80. The fourth-order valence-corrected chi connectivity index (χ4v) is 6.57. The summed E-state index contributed by atoms with van der Waals surface area (Å²) in [5.74, 6) is 1.80. The van der Waals surface area contributed by atoms with E-state index in [0.29, 0.717) is 6.61 Å². The number of imidazole rings is 1. The molecule has 0 fully saturated rings. The Morgan fingerprint density at radius 2 is 1.10 bits per heavy atom. The van der Waals surface area contributed by atoms with Gasteiger partial charge < -0.3 is 4.74 Å². The summed E-state index contributed by atoms with van der Waals surface area (Å²) in [5.41, 5.74) is 9.79. The van der Waals surface area contributed by atoms with Crippen molar-refractivity contribution in [2.24, 2.45) is 0 Å². The number of fused-ring (bicyclic) bond motifs is 5. The van der Waals surface area contributed by atoms with Gasteiger partial charge in [-0.15, -0.1) is 0 Å². The van der Waals surface area contributed by atoms with E-state index in [-0.39, 0.29) is 0 Å². The molecular weight excluding hydrogens is 512 g/mol. The van der Waals surface area contributed by atoms with Crippen LogP contribution in [0, 0.1) is 0 Å². The second-order valence-electron chi connectivity index (χ2n) is 10.8. The van der Waals surface area contributed by atoms with Gasteiger partial charge in [-0.2, -0.15) is 0 Å². The number of nitrogens with zero attached hydrogens (tertiary/aromatic N) is 2. The lowest BCUT2D eigenvalue weighted by atomic mass is 9.65. The summed E-state index contributed by atoms with van der Waals surface area (Å²) in [5, 5.41) is 0. The predicted molar refractivity (Wildman–Crippen MR) is 169 cm³/mol. The zero-order chi connectivity index (χ0) is 27.9. The van der Waals surface area contributed by atoms with Crippen molar-refractivity contribution >= 4 is 11.0 Å². The van der Waals surface area contributed by atoms with Crippen LogP contribution in [0.25, 0.3) is 27.8 Å². The molecule has 3 heteroatoms. The summed E-state index contributed by atoms with van der Waals surface area (Å²) >= 11 is 0. The molecule has 3 nitrogen and oxygen atoms in total. The van der Waals surface area contributed by atoms with Gasteiger partial charge in [0.2, 0.25) is 0 Å². The molecule has 42 heavy (non-hydrogen) atoms. The highest BCUT2D eigenvalue weighted by atomic mass is 16.5. The normalized spacial score (nSPS) is 12.4. The number of rotatable bonds is 5. The topological polar surface area (TPSA) is 27.1 Å². The average Bonchev–Trinajstić information content (AvgIpc) is 3.46. The number of para-hydroxylation sites is 2. The van der Waals surface area contributed by atoms with Crippen LogP contribution in [0.4, 0.5) is 0 Å². The van der Waals surface area contributed by atoms with Crippen molar-refractivity contribution in [1.29, 1.82) is 0 Å². The Balaban J connectivity index is 1.31. The van der Waals surface area contributed by atoms with E-state index in [9.17, 15) is 0 Å². The highest BCUT2D eigenvalue weighted by Crippen LogP contribution is 2.46. The van der Waals surface area contributed by atoms with Crippen LogP contribution in [0.1, 0.15) is 28.1 Å². The molecule has 7 aromatic rings. The first-order chi connectivity index (χ1) is 20.8. The lowest BCUT2D eigenvalue weighted by molar-refractivity contribution is 0.281. The highest BCUT2D eigenvalue weighted by Gasteiger charge is 2.38. The van der Waals surface area contributed by atoms with Crippen LogP contribution in [-0.2, 0) is 12.0 Å². The maximum Gasteiger partial charge on any atom is 0.152 e. The van der Waals surface area contributed by atoms with Crippen LogP contribution in [0.3, 0.4) is 0 Å². The molecule has 0 aliphatic carbocycles. The van der Waals surface area contributed by atoms with Crippen LogP contribution in [0.2, 0.25) is 0 Å². The van der Waals surface area contributed by atoms with Gasteiger partial charge in [0, 0.05) is 0 Å². The predicted octanol–water partition coefficient (Wildman–Crippen LogP) is 8.97. The number of hydrogen-bond donors (Lipinski definition) is 0. The smallest absolute Gasteiger partial charge is 0.152 e. The van der Waals surface area contributed by atoms with Crippen LogP contribution in [-0.4, -0.2) is 9.55 Å². The molecular formula is C39H28N2O. The SMILES string of the molecule is c1ccc(C(c2ccccc2)(c2ccccc2)c2cccc(-c3ccc4c(c3)OCc3nc5ccccc5n3-4)c2)cc1. The van der Waals surface area contributed by atoms with Crippen molar-refractivity contribution in [2.45, 2.75) is 12.0 Å². The van der Waals surface area contributed by atoms with Gasteiger partial charge in [-0.05, 0) is 63.7 Å². The van der Waals surface area contributed by atoms with E-state index in [0.717, 1.165) is 39.4 Å². The third-order valence-corrected chi connectivity index (χ3v) is 8.44. The fraction of sp³-hybridized carbons (Fsp3) is 0.0513. The van der Waals surface area contributed by atoms with Crippen LogP contribution < -0.4 is 4.74 Å². The third kappa shape index (κ3) is 3.78. The Morgan fingerprint density at radius 1 is 0.524 bits per heavy atom. The number of benzene rings is 6. The molecule has 0 saturated heterocycles. The molecule has 1 aliphatic rings. The zero-order valence-electron chi connectivity index (χ0n) is 23.0. The van der Waals surface area contributed by atoms with Crippen molar-refractivity contribution in [3.8, 4) is 22.6 Å². The standard InChI is InChI=1S/C39H28N2O/c1-4-14-30(15-5-1)39(31-16-6-2-7-17-31,32-18-8-3-9-19-32)33-20-12-13-28(25-33)29-23-24-36-37(26-29)42-27-38-40-34-21-10-11-22-35(34)41(36)38/h1-26H,27H2. The average molecular weight is 541 g/mol. The second-order valence-corrected chi connectivity index (χ2v) is 10.8. The number of ether oxygens (including phenoxy) is 1. The Labute approximate surface area is 245 Å². The first-order valence-electron chi connectivity index (χ1n) is 14.3. The van der Waals surface area contributed by atoms with Crippen LogP contribution in [0.5, 0.6) is 5.75 Å².